The Bertz CT molecular complexity index is 1070. The summed E-state index contributed by atoms with van der Waals surface area (Å²) in [5.74, 6) is -2.39. The lowest BCUT2D eigenvalue weighted by Gasteiger charge is -2.42. The summed E-state index contributed by atoms with van der Waals surface area (Å²) in [6, 6.07) is 4.12. The molecule has 0 saturated carbocycles. The van der Waals surface area contributed by atoms with E-state index in [0.29, 0.717) is 30.8 Å². The fourth-order valence-corrected chi connectivity index (χ4v) is 4.77. The van der Waals surface area contributed by atoms with Crippen molar-refractivity contribution in [3.63, 3.8) is 0 Å². The summed E-state index contributed by atoms with van der Waals surface area (Å²) in [6.07, 6.45) is 2.37. The highest BCUT2D eigenvalue weighted by Crippen LogP contribution is 2.49. The van der Waals surface area contributed by atoms with Gasteiger partial charge in [-0.25, -0.2) is 18.0 Å². The topological polar surface area (TPSA) is 147 Å². The van der Waals surface area contributed by atoms with Crippen molar-refractivity contribution < 1.29 is 33.0 Å². The van der Waals surface area contributed by atoms with E-state index in [0.717, 1.165) is 6.26 Å². The average molecular weight is 467 g/mol. The normalized spacial score (nSPS) is 16.4. The first-order valence-electron chi connectivity index (χ1n) is 10.1. The number of allylic oxidation sites excluding steroid dienone is 2. The number of carboxylic acid groups (broad SMARTS) is 2. The molecule has 1 aromatic carbocycles. The van der Waals surface area contributed by atoms with Gasteiger partial charge >= 0.3 is 11.9 Å². The van der Waals surface area contributed by atoms with Gasteiger partial charge in [-0.15, -0.1) is 0 Å². The molecule has 0 spiro atoms. The number of unbranched alkanes of at least 4 members (excludes halogenated alkanes) is 1. The van der Waals surface area contributed by atoms with Gasteiger partial charge in [0.25, 0.3) is 0 Å². The van der Waals surface area contributed by atoms with Gasteiger partial charge in [0.05, 0.1) is 28.1 Å². The van der Waals surface area contributed by atoms with E-state index in [1.54, 1.807) is 20.9 Å². The van der Waals surface area contributed by atoms with Crippen LogP contribution in [0.3, 0.4) is 0 Å². The van der Waals surface area contributed by atoms with E-state index in [-0.39, 0.29) is 34.0 Å². The molecule has 176 valence electrons. The molecular formula is C22H30N2O7S. The van der Waals surface area contributed by atoms with Gasteiger partial charge in [-0.2, -0.15) is 0 Å². The summed E-state index contributed by atoms with van der Waals surface area (Å²) in [5, 5.41) is 20.2. The minimum Gasteiger partial charge on any atom is -0.493 e. The third-order valence-electron chi connectivity index (χ3n) is 5.93. The highest BCUT2D eigenvalue weighted by molar-refractivity contribution is 7.90. The summed E-state index contributed by atoms with van der Waals surface area (Å²) in [7, 11) is -2.07. The van der Waals surface area contributed by atoms with Crippen molar-refractivity contribution in [2.24, 2.45) is 5.73 Å². The van der Waals surface area contributed by atoms with Crippen molar-refractivity contribution in [1.82, 2.24) is 4.90 Å². The molecule has 4 N–H and O–H groups in total. The van der Waals surface area contributed by atoms with Crippen LogP contribution in [0.2, 0.25) is 0 Å². The average Bonchev–Trinajstić information content (AvgIpc) is 2.68. The fourth-order valence-electron chi connectivity index (χ4n) is 4.13. The van der Waals surface area contributed by atoms with Gasteiger partial charge < -0.3 is 25.6 Å². The minimum absolute atomic E-state index is 0.0632. The molecule has 0 fully saturated rings. The van der Waals surface area contributed by atoms with E-state index in [9.17, 15) is 28.2 Å². The predicted molar refractivity (Wildman–Crippen MR) is 119 cm³/mol. The molecule has 10 heteroatoms. The Morgan fingerprint density at radius 1 is 1.09 bits per heavy atom. The van der Waals surface area contributed by atoms with Gasteiger partial charge in [0.2, 0.25) is 0 Å². The molecule has 0 bridgehead atoms. The van der Waals surface area contributed by atoms with Gasteiger partial charge in [-0.3, -0.25) is 0 Å². The lowest BCUT2D eigenvalue weighted by molar-refractivity contribution is -0.134. The van der Waals surface area contributed by atoms with Crippen LogP contribution in [0, 0.1) is 0 Å². The number of hydrogen-bond donors (Lipinski definition) is 3. The maximum Gasteiger partial charge on any atom is 0.334 e. The van der Waals surface area contributed by atoms with Crippen LogP contribution in [0.25, 0.3) is 0 Å². The second-order valence-corrected chi connectivity index (χ2v) is 10.0. The van der Waals surface area contributed by atoms with Crippen LogP contribution in [0.1, 0.15) is 39.2 Å². The van der Waals surface area contributed by atoms with Gasteiger partial charge in [-0.1, -0.05) is 0 Å². The van der Waals surface area contributed by atoms with Crippen molar-refractivity contribution in [1.29, 1.82) is 0 Å². The lowest BCUT2D eigenvalue weighted by Crippen LogP contribution is -2.43. The fraction of sp³-hybridized carbons (Fsp3) is 0.455. The SMILES string of the molecule is CC1=C(C(=O)O)C(C)(c2cc(S(C)(=O)=O)ccc2OCCCCN)C(C(=O)O)=C(C)N1C. The van der Waals surface area contributed by atoms with Crippen LogP contribution in [0.4, 0.5) is 0 Å². The molecule has 0 unspecified atom stereocenters. The van der Waals surface area contributed by atoms with Crippen molar-refractivity contribution >= 4 is 21.8 Å². The molecule has 0 amide bonds. The Morgan fingerprint density at radius 2 is 1.62 bits per heavy atom. The van der Waals surface area contributed by atoms with E-state index in [2.05, 4.69) is 0 Å². The van der Waals surface area contributed by atoms with E-state index in [1.165, 1.54) is 30.0 Å². The zero-order valence-electron chi connectivity index (χ0n) is 18.9. The zero-order valence-corrected chi connectivity index (χ0v) is 19.7. The van der Waals surface area contributed by atoms with E-state index >= 15 is 0 Å². The Morgan fingerprint density at radius 3 is 2.06 bits per heavy atom. The number of aliphatic carboxylic acids is 2. The molecule has 0 aliphatic carbocycles. The second kappa shape index (κ2) is 9.33. The number of benzene rings is 1. The number of hydrogen-bond acceptors (Lipinski definition) is 7. The van der Waals surface area contributed by atoms with E-state index < -0.39 is 27.2 Å². The summed E-state index contributed by atoms with van der Waals surface area (Å²) in [5.41, 5.74) is 4.37. The van der Waals surface area contributed by atoms with E-state index in [4.69, 9.17) is 10.5 Å². The van der Waals surface area contributed by atoms with Crippen LogP contribution in [0.15, 0.2) is 45.6 Å². The Balaban J connectivity index is 2.92. The number of carboxylic acids is 2. The summed E-state index contributed by atoms with van der Waals surface area (Å²) >= 11 is 0. The lowest BCUT2D eigenvalue weighted by atomic mass is 9.66. The van der Waals surface area contributed by atoms with Gasteiger partial charge in [-0.05, 0) is 58.4 Å². The number of carbonyl (C=O) groups is 2. The Kier molecular flexibility index (Phi) is 7.41. The second-order valence-electron chi connectivity index (χ2n) is 7.99. The maximum absolute atomic E-state index is 12.4. The molecule has 1 aliphatic heterocycles. The molecule has 0 radical (unpaired) electrons. The third-order valence-corrected chi connectivity index (χ3v) is 7.04. The van der Waals surface area contributed by atoms with Crippen molar-refractivity contribution in [3.05, 3.63) is 46.3 Å². The van der Waals surface area contributed by atoms with Gasteiger partial charge in [0.15, 0.2) is 9.84 Å². The number of ether oxygens (including phenoxy) is 1. The molecule has 0 aromatic heterocycles. The smallest absolute Gasteiger partial charge is 0.334 e. The first-order chi connectivity index (χ1) is 14.8. The summed E-state index contributed by atoms with van der Waals surface area (Å²) < 4.78 is 30.4. The standard InChI is InChI=1S/C22H30N2O7S/c1-13-18(20(25)26)22(3,19(21(27)28)14(2)24(13)4)16-12-15(32(5,29)30)8-9-17(16)31-11-7-6-10-23/h8-9,12H,6-7,10-11,23H2,1-5H3,(H,25,26)(H,27,28). The van der Waals surface area contributed by atoms with Gasteiger partial charge in [0, 0.05) is 30.3 Å². The highest BCUT2D eigenvalue weighted by atomic mass is 32.2. The molecule has 0 atom stereocenters. The third kappa shape index (κ3) is 4.51. The summed E-state index contributed by atoms with van der Waals surface area (Å²) in [6.45, 7) is 5.39. The van der Waals surface area contributed by atoms with E-state index in [1.807, 2.05) is 0 Å². The Hall–Kier alpha value is -2.85. The van der Waals surface area contributed by atoms with Gasteiger partial charge in [0.1, 0.15) is 5.75 Å². The van der Waals surface area contributed by atoms with Crippen LogP contribution >= 0.6 is 0 Å². The van der Waals surface area contributed by atoms with Crippen molar-refractivity contribution in [3.8, 4) is 5.75 Å². The zero-order chi connectivity index (χ0) is 24.4. The minimum atomic E-state index is -3.66. The number of sulfone groups is 1. The molecule has 2 rings (SSSR count). The highest BCUT2D eigenvalue weighted by Gasteiger charge is 2.49. The molecule has 1 aromatic rings. The Labute approximate surface area is 188 Å². The molecule has 32 heavy (non-hydrogen) atoms. The van der Waals surface area contributed by atoms with Crippen LogP contribution in [-0.2, 0) is 24.8 Å². The quantitative estimate of drug-likeness (QED) is 0.466. The maximum atomic E-state index is 12.4. The predicted octanol–water partition coefficient (Wildman–Crippen LogP) is 2.13. The number of nitrogens with zero attached hydrogens (tertiary/aromatic N) is 1. The summed E-state index contributed by atoms with van der Waals surface area (Å²) in [4.78, 5) is 26.2. The van der Waals surface area contributed by atoms with Crippen molar-refractivity contribution in [2.75, 3.05) is 26.5 Å². The number of nitrogens with two attached hydrogens (primary N) is 1. The molecule has 1 aliphatic rings. The van der Waals surface area contributed by atoms with Crippen LogP contribution in [-0.4, -0.2) is 61.9 Å². The molecular weight excluding hydrogens is 436 g/mol. The molecule has 1 heterocycles. The molecule has 0 saturated heterocycles. The largest absolute Gasteiger partial charge is 0.493 e. The monoisotopic (exact) mass is 466 g/mol. The first-order valence-corrected chi connectivity index (χ1v) is 12.0. The van der Waals surface area contributed by atoms with Crippen LogP contribution < -0.4 is 10.5 Å². The number of rotatable bonds is 9. The first kappa shape index (κ1) is 25.4. The molecule has 9 nitrogen and oxygen atoms in total. The van der Waals surface area contributed by atoms with Crippen LogP contribution in [0.5, 0.6) is 5.75 Å². The van der Waals surface area contributed by atoms with Crippen molar-refractivity contribution in [2.45, 2.75) is 43.9 Å².